The van der Waals surface area contributed by atoms with E-state index in [1.807, 2.05) is 19.9 Å². The number of ether oxygens (including phenoxy) is 1. The molecular weight excluding hydrogens is 330 g/mol. The summed E-state index contributed by atoms with van der Waals surface area (Å²) >= 11 is 0. The summed E-state index contributed by atoms with van der Waals surface area (Å²) in [6.07, 6.45) is -0.463. The number of cyclic esters (lactones) is 1. The van der Waals surface area contributed by atoms with Crippen LogP contribution in [-0.4, -0.2) is 62.9 Å². The lowest BCUT2D eigenvalue weighted by atomic mass is 10.2. The number of nitrogens with zero attached hydrogens (tertiary/aromatic N) is 4. The molecule has 2 aromatic rings. The van der Waals surface area contributed by atoms with Crippen LogP contribution >= 0.6 is 0 Å². The van der Waals surface area contributed by atoms with Gasteiger partial charge < -0.3 is 15.2 Å². The van der Waals surface area contributed by atoms with Crippen LogP contribution in [0.2, 0.25) is 0 Å². The van der Waals surface area contributed by atoms with Crippen LogP contribution in [0.25, 0.3) is 11.0 Å². The molecule has 0 bridgehead atoms. The number of aryl methyl sites for hydroxylation is 3. The molecule has 10 heteroatoms. The largest absolute Gasteiger partial charge is 0.483 e. The zero-order valence-electron chi connectivity index (χ0n) is 14.1. The van der Waals surface area contributed by atoms with Gasteiger partial charge in [0.05, 0.1) is 11.9 Å². The van der Waals surface area contributed by atoms with Gasteiger partial charge in [0.25, 0.3) is 6.47 Å². The smallest absolute Gasteiger partial charge is 0.410 e. The average molecular weight is 349 g/mol. The summed E-state index contributed by atoms with van der Waals surface area (Å²) in [5.74, 6) is 0.152. The molecule has 0 unspecified atom stereocenters. The number of pyridine rings is 1. The Labute approximate surface area is 143 Å². The van der Waals surface area contributed by atoms with E-state index in [-0.39, 0.29) is 18.9 Å². The first kappa shape index (κ1) is 18.2. The van der Waals surface area contributed by atoms with Crippen molar-refractivity contribution < 1.29 is 24.2 Å². The van der Waals surface area contributed by atoms with Crippen LogP contribution in [0.5, 0.6) is 0 Å². The minimum atomic E-state index is -0.463. The predicted molar refractivity (Wildman–Crippen MR) is 88.2 cm³/mol. The second-order valence-electron chi connectivity index (χ2n) is 5.44. The van der Waals surface area contributed by atoms with Crippen molar-refractivity contribution in [3.8, 4) is 0 Å². The summed E-state index contributed by atoms with van der Waals surface area (Å²) in [6, 6.07) is 1.94. The fourth-order valence-electron chi connectivity index (χ4n) is 2.59. The number of hydrogen-bond acceptors (Lipinski definition) is 6. The third-order valence-corrected chi connectivity index (χ3v) is 3.56. The Morgan fingerprint density at radius 2 is 2.16 bits per heavy atom. The number of aromatic nitrogens is 3. The van der Waals surface area contributed by atoms with Gasteiger partial charge in [-0.1, -0.05) is 0 Å². The highest BCUT2D eigenvalue weighted by Gasteiger charge is 2.25. The van der Waals surface area contributed by atoms with Gasteiger partial charge in [0.1, 0.15) is 13.2 Å². The third-order valence-electron chi connectivity index (χ3n) is 3.56. The van der Waals surface area contributed by atoms with Crippen molar-refractivity contribution in [2.75, 3.05) is 25.0 Å². The van der Waals surface area contributed by atoms with Crippen LogP contribution < -0.4 is 5.32 Å². The van der Waals surface area contributed by atoms with Gasteiger partial charge in [-0.05, 0) is 25.5 Å². The first-order valence-electron chi connectivity index (χ1n) is 7.47. The molecule has 3 rings (SSSR count). The standard InChI is InChI=1S/C14H17N5O3.CH2O2/c1-8-6-9(2)15-13-11(8)12(17-18(13)3)16-10(20)7-19-4-5-22-14(19)21;2-1-3/h6H,4-5,7H2,1-3H3,(H,16,17,20);1H,(H,2,3). The summed E-state index contributed by atoms with van der Waals surface area (Å²) in [6.45, 7) is 4.31. The lowest BCUT2D eigenvalue weighted by Crippen LogP contribution is -2.33. The number of fused-ring (bicyclic) bond motifs is 1. The van der Waals surface area contributed by atoms with E-state index in [0.29, 0.717) is 24.6 Å². The van der Waals surface area contributed by atoms with Gasteiger partial charge in [0.15, 0.2) is 11.5 Å². The summed E-state index contributed by atoms with van der Waals surface area (Å²) in [4.78, 5) is 37.6. The first-order chi connectivity index (χ1) is 11.9. The topological polar surface area (TPSA) is 127 Å². The molecule has 0 atom stereocenters. The Bertz CT molecular complexity index is 816. The van der Waals surface area contributed by atoms with E-state index in [0.717, 1.165) is 16.6 Å². The lowest BCUT2D eigenvalue weighted by Gasteiger charge is -2.11. The summed E-state index contributed by atoms with van der Waals surface area (Å²) in [7, 11) is 1.78. The molecule has 1 aliphatic rings. The maximum atomic E-state index is 12.1. The lowest BCUT2D eigenvalue weighted by molar-refractivity contribution is -0.123. The molecule has 25 heavy (non-hydrogen) atoms. The fraction of sp³-hybridized carbons (Fsp3) is 0.400. The highest BCUT2D eigenvalue weighted by Crippen LogP contribution is 2.25. The highest BCUT2D eigenvalue weighted by atomic mass is 16.6. The fourth-order valence-corrected chi connectivity index (χ4v) is 2.59. The maximum Gasteiger partial charge on any atom is 0.410 e. The molecule has 0 spiro atoms. The molecule has 1 aliphatic heterocycles. The zero-order valence-corrected chi connectivity index (χ0v) is 14.1. The van der Waals surface area contributed by atoms with E-state index >= 15 is 0 Å². The first-order valence-corrected chi connectivity index (χ1v) is 7.47. The van der Waals surface area contributed by atoms with Crippen molar-refractivity contribution in [3.05, 3.63) is 17.3 Å². The van der Waals surface area contributed by atoms with E-state index in [1.54, 1.807) is 11.7 Å². The number of rotatable bonds is 3. The van der Waals surface area contributed by atoms with Gasteiger partial charge >= 0.3 is 6.09 Å². The minimum Gasteiger partial charge on any atom is -0.483 e. The van der Waals surface area contributed by atoms with Crippen LogP contribution in [0.1, 0.15) is 11.3 Å². The van der Waals surface area contributed by atoms with Gasteiger partial charge in [-0.15, -0.1) is 0 Å². The van der Waals surface area contributed by atoms with Gasteiger partial charge in [-0.3, -0.25) is 14.5 Å². The molecule has 1 fully saturated rings. The molecule has 2 amide bonds. The number of nitrogens with one attached hydrogen (secondary N) is 1. The van der Waals surface area contributed by atoms with Crippen molar-refractivity contribution >= 4 is 35.3 Å². The second kappa shape index (κ2) is 7.60. The SMILES string of the molecule is Cc1cc(C)c2c(NC(=O)CN3CCOC3=O)nn(C)c2n1.O=CO. The van der Waals surface area contributed by atoms with Crippen molar-refractivity contribution in [2.24, 2.45) is 7.05 Å². The van der Waals surface area contributed by atoms with E-state index < -0.39 is 6.09 Å². The molecule has 2 N–H and O–H groups in total. The van der Waals surface area contributed by atoms with Crippen LogP contribution in [0, 0.1) is 13.8 Å². The van der Waals surface area contributed by atoms with Crippen LogP contribution in [-0.2, 0) is 21.4 Å². The molecule has 0 aromatic carbocycles. The Balaban J connectivity index is 0.000000701. The zero-order chi connectivity index (χ0) is 18.6. The van der Waals surface area contributed by atoms with E-state index in [4.69, 9.17) is 14.6 Å². The molecule has 0 aliphatic carbocycles. The Kier molecular flexibility index (Phi) is 5.52. The molecule has 2 aromatic heterocycles. The predicted octanol–water partition coefficient (Wildman–Crippen LogP) is 0.677. The monoisotopic (exact) mass is 349 g/mol. The molecule has 1 saturated heterocycles. The van der Waals surface area contributed by atoms with Crippen molar-refractivity contribution in [2.45, 2.75) is 13.8 Å². The minimum absolute atomic E-state index is 0.0464. The Morgan fingerprint density at radius 3 is 2.76 bits per heavy atom. The summed E-state index contributed by atoms with van der Waals surface area (Å²) in [5, 5.41) is 14.8. The Hall–Kier alpha value is -3.17. The molecule has 134 valence electrons. The summed E-state index contributed by atoms with van der Waals surface area (Å²) in [5.41, 5.74) is 2.60. The maximum absolute atomic E-state index is 12.1. The second-order valence-corrected chi connectivity index (χ2v) is 5.44. The van der Waals surface area contributed by atoms with Crippen LogP contribution in [0.15, 0.2) is 6.07 Å². The van der Waals surface area contributed by atoms with E-state index in [9.17, 15) is 9.59 Å². The molecule has 10 nitrogen and oxygen atoms in total. The normalized spacial score (nSPS) is 13.2. The van der Waals surface area contributed by atoms with Gasteiger partial charge in [0.2, 0.25) is 5.91 Å². The van der Waals surface area contributed by atoms with E-state index in [1.165, 1.54) is 4.90 Å². The highest BCUT2D eigenvalue weighted by molar-refractivity contribution is 6.01. The number of amides is 2. The van der Waals surface area contributed by atoms with Crippen molar-refractivity contribution in [1.82, 2.24) is 19.7 Å². The quantitative estimate of drug-likeness (QED) is 0.780. The van der Waals surface area contributed by atoms with Crippen LogP contribution in [0.3, 0.4) is 0 Å². The number of carbonyl (C=O) groups is 3. The van der Waals surface area contributed by atoms with Gasteiger partial charge in [0, 0.05) is 12.7 Å². The number of anilines is 1. The summed E-state index contributed by atoms with van der Waals surface area (Å²) < 4.78 is 6.43. The molecule has 0 radical (unpaired) electrons. The van der Waals surface area contributed by atoms with Crippen LogP contribution in [0.4, 0.5) is 10.6 Å². The number of hydrogen-bond donors (Lipinski definition) is 2. The average Bonchev–Trinajstić information content (AvgIpc) is 3.04. The molecule has 3 heterocycles. The number of carbonyl (C=O) groups excluding carboxylic acids is 2. The van der Waals surface area contributed by atoms with Gasteiger partial charge in [-0.25, -0.2) is 14.5 Å². The van der Waals surface area contributed by atoms with Crippen molar-refractivity contribution in [1.29, 1.82) is 0 Å². The number of carboxylic acid groups (broad SMARTS) is 1. The third kappa shape index (κ3) is 4.03. The van der Waals surface area contributed by atoms with Crippen molar-refractivity contribution in [3.63, 3.8) is 0 Å². The Morgan fingerprint density at radius 1 is 1.48 bits per heavy atom. The molecular formula is C15H19N5O5. The van der Waals surface area contributed by atoms with E-state index in [2.05, 4.69) is 15.4 Å². The molecule has 0 saturated carbocycles. The van der Waals surface area contributed by atoms with Gasteiger partial charge in [-0.2, -0.15) is 5.10 Å².